The van der Waals surface area contributed by atoms with Crippen molar-refractivity contribution < 1.29 is 4.74 Å². The van der Waals surface area contributed by atoms with Crippen LogP contribution in [0.3, 0.4) is 0 Å². The average Bonchev–Trinajstić information content (AvgIpc) is 2.67. The Hall–Kier alpha value is -0.870. The zero-order valence-corrected chi connectivity index (χ0v) is 9.81. The van der Waals surface area contributed by atoms with Crippen LogP contribution < -0.4 is 5.32 Å². The topological polar surface area (TPSA) is 39.1 Å². The largest absolute Gasteiger partial charge is 0.380 e. The van der Waals surface area contributed by atoms with E-state index < -0.39 is 0 Å². The minimum Gasteiger partial charge on any atom is -0.380 e. The van der Waals surface area contributed by atoms with Gasteiger partial charge in [-0.05, 0) is 20.8 Å². The molecule has 2 unspecified atom stereocenters. The van der Waals surface area contributed by atoms with E-state index in [9.17, 15) is 0 Å². The monoisotopic (exact) mass is 211 g/mol. The Morgan fingerprint density at radius 3 is 2.80 bits per heavy atom. The summed E-state index contributed by atoms with van der Waals surface area (Å²) in [6, 6.07) is 0.818. The summed E-state index contributed by atoms with van der Waals surface area (Å²) >= 11 is 0. The fourth-order valence-electron chi connectivity index (χ4n) is 1.59. The second kappa shape index (κ2) is 6.58. The summed E-state index contributed by atoms with van der Waals surface area (Å²) < 4.78 is 7.42. The van der Waals surface area contributed by atoms with Crippen molar-refractivity contribution in [2.24, 2.45) is 0 Å². The van der Waals surface area contributed by atoms with Gasteiger partial charge in [0.15, 0.2) is 0 Å². The van der Waals surface area contributed by atoms with Gasteiger partial charge in [-0.2, -0.15) is 0 Å². The minimum atomic E-state index is 0.392. The number of hydrogen-bond acceptors (Lipinski definition) is 3. The van der Waals surface area contributed by atoms with Crippen LogP contribution in [-0.2, 0) is 11.3 Å². The van der Waals surface area contributed by atoms with E-state index >= 15 is 0 Å². The van der Waals surface area contributed by atoms with Crippen LogP contribution in [0, 0.1) is 0 Å². The number of nitrogens with zero attached hydrogens (tertiary/aromatic N) is 2. The van der Waals surface area contributed by atoms with Crippen molar-refractivity contribution in [2.75, 3.05) is 13.2 Å². The minimum absolute atomic E-state index is 0.392. The van der Waals surface area contributed by atoms with Crippen molar-refractivity contribution in [3.63, 3.8) is 0 Å². The molecule has 86 valence electrons. The smallest absolute Gasteiger partial charge is 0.0946 e. The van der Waals surface area contributed by atoms with E-state index in [1.165, 1.54) is 0 Å². The van der Waals surface area contributed by atoms with Gasteiger partial charge in [0, 0.05) is 37.6 Å². The zero-order chi connectivity index (χ0) is 11.1. The molecule has 0 aromatic carbocycles. The van der Waals surface area contributed by atoms with Crippen molar-refractivity contribution in [1.82, 2.24) is 14.9 Å². The molecule has 0 amide bonds. The highest BCUT2D eigenvalue weighted by Crippen LogP contribution is 1.94. The average molecular weight is 211 g/mol. The summed E-state index contributed by atoms with van der Waals surface area (Å²) in [4.78, 5) is 4.01. The first-order valence-electron chi connectivity index (χ1n) is 5.52. The maximum absolute atomic E-state index is 5.35. The van der Waals surface area contributed by atoms with Crippen LogP contribution in [-0.4, -0.2) is 34.8 Å². The fourth-order valence-corrected chi connectivity index (χ4v) is 1.59. The molecule has 1 rings (SSSR count). The number of nitrogens with one attached hydrogen (secondary N) is 1. The van der Waals surface area contributed by atoms with Crippen LogP contribution in [0.15, 0.2) is 18.7 Å². The Labute approximate surface area is 91.7 Å². The van der Waals surface area contributed by atoms with Gasteiger partial charge in [-0.1, -0.05) is 0 Å². The Kier molecular flexibility index (Phi) is 5.36. The summed E-state index contributed by atoms with van der Waals surface area (Å²) in [5.74, 6) is 0. The summed E-state index contributed by atoms with van der Waals surface area (Å²) in [6.07, 6.45) is 5.62. The van der Waals surface area contributed by atoms with E-state index in [1.54, 1.807) is 6.20 Å². The number of hydrogen-bond donors (Lipinski definition) is 1. The van der Waals surface area contributed by atoms with E-state index in [-0.39, 0.29) is 0 Å². The quantitative estimate of drug-likeness (QED) is 0.738. The molecule has 0 spiro atoms. The lowest BCUT2D eigenvalue weighted by Gasteiger charge is -2.20. The van der Waals surface area contributed by atoms with Crippen molar-refractivity contribution >= 4 is 0 Å². The van der Waals surface area contributed by atoms with Gasteiger partial charge >= 0.3 is 0 Å². The molecular formula is C11H21N3O. The summed E-state index contributed by atoms with van der Waals surface area (Å²) in [5, 5.41) is 3.48. The molecule has 1 aromatic heterocycles. The summed E-state index contributed by atoms with van der Waals surface area (Å²) in [7, 11) is 0. The lowest BCUT2D eigenvalue weighted by Crippen LogP contribution is -2.39. The van der Waals surface area contributed by atoms with Gasteiger partial charge in [0.05, 0.1) is 12.9 Å². The molecule has 0 saturated heterocycles. The van der Waals surface area contributed by atoms with Crippen LogP contribution in [0.4, 0.5) is 0 Å². The maximum Gasteiger partial charge on any atom is 0.0946 e. The molecule has 0 aliphatic heterocycles. The van der Waals surface area contributed by atoms with Crippen LogP contribution >= 0.6 is 0 Å². The van der Waals surface area contributed by atoms with E-state index in [0.29, 0.717) is 12.1 Å². The molecule has 0 aliphatic rings. The molecule has 4 nitrogen and oxygen atoms in total. The van der Waals surface area contributed by atoms with E-state index in [0.717, 1.165) is 19.8 Å². The summed E-state index contributed by atoms with van der Waals surface area (Å²) in [6.45, 7) is 8.81. The van der Waals surface area contributed by atoms with Crippen molar-refractivity contribution in [1.29, 1.82) is 0 Å². The van der Waals surface area contributed by atoms with Crippen LogP contribution in [0.25, 0.3) is 0 Å². The lowest BCUT2D eigenvalue weighted by molar-refractivity contribution is 0.123. The Morgan fingerprint density at radius 1 is 1.40 bits per heavy atom. The molecule has 1 N–H and O–H groups in total. The van der Waals surface area contributed by atoms with Gasteiger partial charge in [0.2, 0.25) is 0 Å². The van der Waals surface area contributed by atoms with Crippen molar-refractivity contribution in [3.8, 4) is 0 Å². The molecular weight excluding hydrogens is 190 g/mol. The first kappa shape index (κ1) is 12.2. The Morgan fingerprint density at radius 2 is 2.20 bits per heavy atom. The van der Waals surface area contributed by atoms with Gasteiger partial charge < -0.3 is 14.6 Å². The molecule has 0 saturated carbocycles. The summed E-state index contributed by atoms with van der Waals surface area (Å²) in [5.41, 5.74) is 0. The normalized spacial score (nSPS) is 15.1. The third-order valence-corrected chi connectivity index (χ3v) is 2.18. The number of aromatic nitrogens is 2. The fraction of sp³-hybridized carbons (Fsp3) is 0.727. The van der Waals surface area contributed by atoms with Gasteiger partial charge in [0.25, 0.3) is 0 Å². The molecule has 0 fully saturated rings. The van der Waals surface area contributed by atoms with Crippen LogP contribution in [0.1, 0.15) is 20.8 Å². The first-order valence-corrected chi connectivity index (χ1v) is 5.52. The second-order valence-electron chi connectivity index (χ2n) is 3.89. The van der Waals surface area contributed by atoms with E-state index in [4.69, 9.17) is 4.74 Å². The van der Waals surface area contributed by atoms with Crippen LogP contribution in [0.5, 0.6) is 0 Å². The van der Waals surface area contributed by atoms with Crippen molar-refractivity contribution in [2.45, 2.75) is 39.4 Å². The Bertz CT molecular complexity index is 248. The van der Waals surface area contributed by atoms with Gasteiger partial charge in [-0.25, -0.2) is 4.98 Å². The van der Waals surface area contributed by atoms with Crippen LogP contribution in [0.2, 0.25) is 0 Å². The highest BCUT2D eigenvalue weighted by Gasteiger charge is 2.07. The molecule has 0 bridgehead atoms. The first-order chi connectivity index (χ1) is 7.22. The predicted octanol–water partition coefficient (Wildman–Crippen LogP) is 1.29. The lowest BCUT2D eigenvalue weighted by atomic mass is 10.2. The second-order valence-corrected chi connectivity index (χ2v) is 3.89. The van der Waals surface area contributed by atoms with E-state index in [2.05, 4.69) is 28.7 Å². The molecule has 4 heteroatoms. The number of imidazole rings is 1. The number of rotatable bonds is 7. The third kappa shape index (κ3) is 4.95. The van der Waals surface area contributed by atoms with Gasteiger partial charge in [0.1, 0.15) is 0 Å². The van der Waals surface area contributed by atoms with Gasteiger partial charge in [-0.15, -0.1) is 0 Å². The zero-order valence-electron chi connectivity index (χ0n) is 9.81. The van der Waals surface area contributed by atoms with E-state index in [1.807, 2.05) is 19.4 Å². The molecule has 0 aliphatic carbocycles. The highest BCUT2D eigenvalue weighted by atomic mass is 16.5. The SMILES string of the molecule is CCOCC(C)NC(C)Cn1ccnc1. The molecule has 15 heavy (non-hydrogen) atoms. The maximum atomic E-state index is 5.35. The van der Waals surface area contributed by atoms with Gasteiger partial charge in [-0.3, -0.25) is 0 Å². The molecule has 0 radical (unpaired) electrons. The molecule has 2 atom stereocenters. The molecule has 1 aromatic rings. The van der Waals surface area contributed by atoms with Crippen molar-refractivity contribution in [3.05, 3.63) is 18.7 Å². The number of ether oxygens (including phenoxy) is 1. The Balaban J connectivity index is 2.20. The standard InChI is InChI=1S/C11H21N3O/c1-4-15-8-11(3)13-10(2)7-14-6-5-12-9-14/h5-6,9-11,13H,4,7-8H2,1-3H3. The highest BCUT2D eigenvalue weighted by molar-refractivity contribution is 4.77. The molecule has 1 heterocycles. The third-order valence-electron chi connectivity index (χ3n) is 2.18. The predicted molar refractivity (Wildman–Crippen MR) is 60.8 cm³/mol.